The van der Waals surface area contributed by atoms with E-state index in [2.05, 4.69) is 10.5 Å². The molecule has 2 aromatic rings. The number of aryl methyl sites for hydroxylation is 3. The molecule has 1 heterocycles. The summed E-state index contributed by atoms with van der Waals surface area (Å²) < 4.78 is 10.0. The molecule has 0 bridgehead atoms. The molecule has 0 atom stereocenters. The monoisotopic (exact) mass is 382 g/mol. The van der Waals surface area contributed by atoms with Gasteiger partial charge in [-0.05, 0) is 44.5 Å². The number of thioether (sulfide) groups is 1. The normalized spacial score (nSPS) is 10.6. The Hall–Kier alpha value is -1.99. The van der Waals surface area contributed by atoms with Crippen LogP contribution in [0.5, 0.6) is 0 Å². The third-order valence-electron chi connectivity index (χ3n) is 3.47. The number of hydrogen-bond donors (Lipinski definition) is 1. The number of nitrogens with one attached hydrogen (secondary N) is 1. The van der Waals surface area contributed by atoms with Crippen molar-refractivity contribution in [2.75, 3.05) is 17.7 Å². The summed E-state index contributed by atoms with van der Waals surface area (Å²) in [6.07, 6.45) is 0. The fraction of sp³-hybridized carbons (Fsp3) is 0.353. The van der Waals surface area contributed by atoms with Crippen molar-refractivity contribution in [3.05, 3.63) is 45.8 Å². The highest BCUT2D eigenvalue weighted by molar-refractivity contribution is 7.99. The van der Waals surface area contributed by atoms with Crippen molar-refractivity contribution in [2.24, 2.45) is 0 Å². The molecular weight excluding hydrogens is 364 g/mol. The van der Waals surface area contributed by atoms with Gasteiger partial charge in [0.2, 0.25) is 0 Å². The minimum absolute atomic E-state index is 0.150. The van der Waals surface area contributed by atoms with E-state index in [0.717, 1.165) is 22.6 Å². The van der Waals surface area contributed by atoms with E-state index in [1.807, 2.05) is 20.8 Å². The van der Waals surface area contributed by atoms with Crippen LogP contribution in [0.15, 0.2) is 22.7 Å². The van der Waals surface area contributed by atoms with Crippen LogP contribution >= 0.6 is 23.4 Å². The fourth-order valence-corrected chi connectivity index (χ4v) is 3.28. The van der Waals surface area contributed by atoms with Gasteiger partial charge in [-0.25, -0.2) is 0 Å². The van der Waals surface area contributed by atoms with Crippen LogP contribution in [-0.2, 0) is 20.1 Å². The smallest absolute Gasteiger partial charge is 0.316 e. The van der Waals surface area contributed by atoms with Gasteiger partial charge < -0.3 is 14.6 Å². The van der Waals surface area contributed by atoms with Crippen LogP contribution < -0.4 is 5.32 Å². The summed E-state index contributed by atoms with van der Waals surface area (Å²) in [4.78, 5) is 23.6. The number of benzene rings is 1. The first kappa shape index (κ1) is 19.3. The average Bonchev–Trinajstić information content (AvgIpc) is 2.87. The molecule has 0 aliphatic heterocycles. The molecule has 0 fully saturated rings. The summed E-state index contributed by atoms with van der Waals surface area (Å²) in [6, 6.07) is 5.13. The fourth-order valence-electron chi connectivity index (χ4n) is 2.09. The Balaban J connectivity index is 1.71. The second kappa shape index (κ2) is 8.92. The van der Waals surface area contributed by atoms with Gasteiger partial charge in [-0.3, -0.25) is 9.59 Å². The minimum Gasteiger partial charge on any atom is -0.455 e. The predicted molar refractivity (Wildman–Crippen MR) is 97.9 cm³/mol. The lowest BCUT2D eigenvalue weighted by Crippen LogP contribution is -2.22. The molecule has 0 radical (unpaired) electrons. The molecule has 8 heteroatoms. The van der Waals surface area contributed by atoms with Crippen LogP contribution in [-0.4, -0.2) is 29.4 Å². The van der Waals surface area contributed by atoms with E-state index in [-0.39, 0.29) is 12.4 Å². The molecule has 1 aromatic heterocycles. The average molecular weight is 383 g/mol. The van der Waals surface area contributed by atoms with Gasteiger partial charge in [-0.2, -0.15) is 0 Å². The highest BCUT2D eigenvalue weighted by atomic mass is 35.5. The van der Waals surface area contributed by atoms with Crippen molar-refractivity contribution in [1.82, 2.24) is 5.16 Å². The number of ether oxygens (including phenoxy) is 1. The summed E-state index contributed by atoms with van der Waals surface area (Å²) in [5.41, 5.74) is 3.27. The van der Waals surface area contributed by atoms with Gasteiger partial charge >= 0.3 is 5.97 Å². The molecule has 0 aliphatic rings. The first-order valence-electron chi connectivity index (χ1n) is 7.58. The van der Waals surface area contributed by atoms with Crippen LogP contribution in [0.4, 0.5) is 5.69 Å². The van der Waals surface area contributed by atoms with Gasteiger partial charge in [0.25, 0.3) is 5.91 Å². The van der Waals surface area contributed by atoms with Crippen molar-refractivity contribution in [3.63, 3.8) is 0 Å². The maximum absolute atomic E-state index is 11.9. The Bertz CT molecular complexity index is 757. The third-order valence-corrected chi connectivity index (χ3v) is 4.64. The van der Waals surface area contributed by atoms with Gasteiger partial charge in [-0.15, -0.1) is 11.8 Å². The van der Waals surface area contributed by atoms with Crippen LogP contribution in [0.3, 0.4) is 0 Å². The number of anilines is 1. The van der Waals surface area contributed by atoms with Crippen LogP contribution in [0.2, 0.25) is 5.02 Å². The molecule has 0 saturated carbocycles. The van der Waals surface area contributed by atoms with Gasteiger partial charge in [0.15, 0.2) is 6.61 Å². The van der Waals surface area contributed by atoms with Crippen molar-refractivity contribution in [2.45, 2.75) is 26.5 Å². The lowest BCUT2D eigenvalue weighted by Gasteiger charge is -2.09. The third kappa shape index (κ3) is 5.79. The maximum Gasteiger partial charge on any atom is 0.316 e. The number of aromatic nitrogens is 1. The van der Waals surface area contributed by atoms with Gasteiger partial charge in [0.1, 0.15) is 5.76 Å². The van der Waals surface area contributed by atoms with E-state index in [1.165, 1.54) is 11.8 Å². The van der Waals surface area contributed by atoms with E-state index in [9.17, 15) is 9.59 Å². The molecule has 1 N–H and O–H groups in total. The summed E-state index contributed by atoms with van der Waals surface area (Å²) >= 11 is 7.25. The zero-order valence-corrected chi connectivity index (χ0v) is 15.8. The molecule has 1 aromatic carbocycles. The number of nitrogens with zero attached hydrogens (tertiary/aromatic N) is 1. The van der Waals surface area contributed by atoms with E-state index in [1.54, 1.807) is 18.2 Å². The molecule has 25 heavy (non-hydrogen) atoms. The predicted octanol–water partition coefficient (Wildman–Crippen LogP) is 3.67. The molecule has 6 nitrogen and oxygen atoms in total. The summed E-state index contributed by atoms with van der Waals surface area (Å²) in [5.74, 6) is 0.661. The maximum atomic E-state index is 11.9. The lowest BCUT2D eigenvalue weighted by molar-refractivity contribution is -0.144. The molecule has 0 unspecified atom stereocenters. The number of amides is 1. The number of carbonyl (C=O) groups excluding carboxylic acids is 2. The molecule has 0 aliphatic carbocycles. The molecular formula is C17H19ClN2O4S. The number of rotatable bonds is 7. The second-order valence-corrected chi connectivity index (χ2v) is 6.89. The van der Waals surface area contributed by atoms with Crippen LogP contribution in [0.25, 0.3) is 0 Å². The molecule has 134 valence electrons. The van der Waals surface area contributed by atoms with Crippen molar-refractivity contribution >= 4 is 40.9 Å². The van der Waals surface area contributed by atoms with Crippen molar-refractivity contribution < 1.29 is 18.8 Å². The summed E-state index contributed by atoms with van der Waals surface area (Å²) in [5, 5.41) is 7.14. The standard InChI is InChI=1S/C17H19ClN2O4S/c1-10-6-13(18)4-5-15(10)19-16(21)7-23-17(22)9-25-8-14-11(2)20-24-12(14)3/h4-6H,7-9H2,1-3H3,(H,19,21). The zero-order chi connectivity index (χ0) is 18.4. The Morgan fingerprint density at radius 1 is 1.32 bits per heavy atom. The number of halogens is 1. The first-order valence-corrected chi connectivity index (χ1v) is 9.11. The minimum atomic E-state index is -0.445. The van der Waals surface area contributed by atoms with E-state index < -0.39 is 11.9 Å². The Morgan fingerprint density at radius 2 is 2.08 bits per heavy atom. The van der Waals surface area contributed by atoms with Gasteiger partial charge in [0.05, 0.1) is 11.4 Å². The van der Waals surface area contributed by atoms with E-state index >= 15 is 0 Å². The van der Waals surface area contributed by atoms with Gasteiger partial charge in [-0.1, -0.05) is 16.8 Å². The number of esters is 1. The molecule has 0 saturated heterocycles. The van der Waals surface area contributed by atoms with Gasteiger partial charge in [0, 0.05) is 22.0 Å². The Morgan fingerprint density at radius 3 is 2.72 bits per heavy atom. The molecule has 1 amide bonds. The zero-order valence-electron chi connectivity index (χ0n) is 14.2. The summed E-state index contributed by atoms with van der Waals surface area (Å²) in [6.45, 7) is 5.19. The van der Waals surface area contributed by atoms with Crippen LogP contribution in [0.1, 0.15) is 22.6 Å². The molecule has 0 spiro atoms. The van der Waals surface area contributed by atoms with Crippen molar-refractivity contribution in [3.8, 4) is 0 Å². The topological polar surface area (TPSA) is 81.4 Å². The van der Waals surface area contributed by atoms with Crippen LogP contribution in [0, 0.1) is 20.8 Å². The van der Waals surface area contributed by atoms with Crippen molar-refractivity contribution in [1.29, 1.82) is 0 Å². The Kier molecular flexibility index (Phi) is 6.90. The summed E-state index contributed by atoms with van der Waals surface area (Å²) in [7, 11) is 0. The number of carbonyl (C=O) groups is 2. The first-order chi connectivity index (χ1) is 11.9. The SMILES string of the molecule is Cc1cc(Cl)ccc1NC(=O)COC(=O)CSCc1c(C)noc1C. The second-order valence-electron chi connectivity index (χ2n) is 5.46. The van der Waals surface area contributed by atoms with E-state index in [0.29, 0.717) is 16.5 Å². The lowest BCUT2D eigenvalue weighted by atomic mass is 10.2. The Labute approximate surface area is 155 Å². The molecule has 2 rings (SSSR count). The highest BCUT2D eigenvalue weighted by Crippen LogP contribution is 2.20. The van der Waals surface area contributed by atoms with E-state index in [4.69, 9.17) is 20.9 Å². The quantitative estimate of drug-likeness (QED) is 0.736. The largest absolute Gasteiger partial charge is 0.455 e. The number of hydrogen-bond acceptors (Lipinski definition) is 6. The highest BCUT2D eigenvalue weighted by Gasteiger charge is 2.12.